The largest absolute Gasteiger partial charge is 0.480 e. The Bertz CT molecular complexity index is 343. The highest BCUT2D eigenvalue weighted by Gasteiger charge is 2.29. The summed E-state index contributed by atoms with van der Waals surface area (Å²) < 4.78 is 27.6. The number of aliphatic carboxylic acids is 1. The van der Waals surface area contributed by atoms with Crippen LogP contribution in [0.25, 0.3) is 0 Å². The number of rotatable bonds is 5. The summed E-state index contributed by atoms with van der Waals surface area (Å²) in [6.07, 6.45) is 0. The first kappa shape index (κ1) is 15.3. The molecule has 0 aromatic rings. The van der Waals surface area contributed by atoms with Gasteiger partial charge < -0.3 is 5.11 Å². The summed E-state index contributed by atoms with van der Waals surface area (Å²) in [6, 6.07) is -1.13. The summed E-state index contributed by atoms with van der Waals surface area (Å²) in [4.78, 5) is 10.8. The van der Waals surface area contributed by atoms with Crippen molar-refractivity contribution in [1.82, 2.24) is 9.44 Å². The molecule has 0 saturated heterocycles. The molecule has 0 aliphatic heterocycles. The minimum atomic E-state index is -3.81. The van der Waals surface area contributed by atoms with E-state index in [4.69, 9.17) is 5.11 Å². The van der Waals surface area contributed by atoms with Gasteiger partial charge in [0.15, 0.2) is 0 Å². The number of hydrogen-bond donors (Lipinski definition) is 3. The molecule has 16 heavy (non-hydrogen) atoms. The number of hydrogen-bond acceptors (Lipinski definition) is 3. The number of nitrogens with one attached hydrogen (secondary N) is 2. The predicted molar refractivity (Wildman–Crippen MR) is 61.2 cm³/mol. The van der Waals surface area contributed by atoms with Crippen LogP contribution in [0.3, 0.4) is 0 Å². The van der Waals surface area contributed by atoms with Crippen molar-refractivity contribution in [2.45, 2.75) is 46.2 Å². The van der Waals surface area contributed by atoms with Crippen LogP contribution in [0.1, 0.15) is 34.6 Å². The van der Waals surface area contributed by atoms with E-state index in [-0.39, 0.29) is 5.92 Å². The first-order chi connectivity index (χ1) is 6.94. The van der Waals surface area contributed by atoms with Crippen molar-refractivity contribution in [3.8, 4) is 0 Å². The lowest BCUT2D eigenvalue weighted by Gasteiger charge is -2.24. The van der Waals surface area contributed by atoms with Crippen LogP contribution in [-0.4, -0.2) is 31.1 Å². The highest BCUT2D eigenvalue weighted by molar-refractivity contribution is 7.87. The number of carboxylic acids is 1. The zero-order valence-electron chi connectivity index (χ0n) is 10.2. The fourth-order valence-electron chi connectivity index (χ4n) is 1.07. The molecule has 0 rings (SSSR count). The average Bonchev–Trinajstić information content (AvgIpc) is 1.94. The molecule has 1 atom stereocenters. The molecule has 6 nitrogen and oxygen atoms in total. The van der Waals surface area contributed by atoms with Crippen molar-refractivity contribution < 1.29 is 18.3 Å². The second-order valence-corrected chi connectivity index (χ2v) is 6.48. The fourth-order valence-corrected chi connectivity index (χ4v) is 2.64. The van der Waals surface area contributed by atoms with E-state index in [1.54, 1.807) is 34.6 Å². The Morgan fingerprint density at radius 3 is 1.94 bits per heavy atom. The van der Waals surface area contributed by atoms with E-state index >= 15 is 0 Å². The third-order valence-corrected chi connectivity index (χ3v) is 3.10. The van der Waals surface area contributed by atoms with E-state index in [1.165, 1.54) is 0 Å². The smallest absolute Gasteiger partial charge is 0.322 e. The Morgan fingerprint density at radius 2 is 1.69 bits per heavy atom. The van der Waals surface area contributed by atoms with E-state index in [1.807, 2.05) is 0 Å². The molecule has 0 unspecified atom stereocenters. The molecule has 0 aromatic heterocycles. The van der Waals surface area contributed by atoms with Gasteiger partial charge in [-0.1, -0.05) is 13.8 Å². The molecule has 0 amide bonds. The highest BCUT2D eigenvalue weighted by Crippen LogP contribution is 2.05. The Kier molecular flexibility index (Phi) is 4.90. The van der Waals surface area contributed by atoms with Crippen LogP contribution >= 0.6 is 0 Å². The average molecular weight is 252 g/mol. The molecule has 0 aliphatic rings. The van der Waals surface area contributed by atoms with E-state index < -0.39 is 27.8 Å². The van der Waals surface area contributed by atoms with Crippen molar-refractivity contribution in [3.05, 3.63) is 0 Å². The molecule has 0 fully saturated rings. The lowest BCUT2D eigenvalue weighted by atomic mass is 10.1. The quantitative estimate of drug-likeness (QED) is 0.656. The first-order valence-electron chi connectivity index (χ1n) is 4.98. The zero-order valence-corrected chi connectivity index (χ0v) is 11.1. The van der Waals surface area contributed by atoms with E-state index in [0.717, 1.165) is 0 Å². The summed E-state index contributed by atoms with van der Waals surface area (Å²) in [5, 5.41) is 8.85. The molecule has 96 valence electrons. The van der Waals surface area contributed by atoms with Crippen LogP contribution in [0, 0.1) is 5.92 Å². The third kappa shape index (κ3) is 6.04. The summed E-state index contributed by atoms with van der Waals surface area (Å²) in [5.41, 5.74) is -0.647. The van der Waals surface area contributed by atoms with Gasteiger partial charge in [-0.25, -0.2) is 0 Å². The lowest BCUT2D eigenvalue weighted by molar-refractivity contribution is -0.140. The fraction of sp³-hybridized carbons (Fsp3) is 0.889. The summed E-state index contributed by atoms with van der Waals surface area (Å²) in [7, 11) is -3.81. The molecular formula is C9H20N2O4S. The van der Waals surface area contributed by atoms with Crippen molar-refractivity contribution in [3.63, 3.8) is 0 Å². The number of carbonyl (C=O) groups is 1. The van der Waals surface area contributed by atoms with Crippen LogP contribution in [0.2, 0.25) is 0 Å². The minimum Gasteiger partial charge on any atom is -0.480 e. The maximum atomic E-state index is 11.6. The first-order valence-corrected chi connectivity index (χ1v) is 6.47. The van der Waals surface area contributed by atoms with Crippen LogP contribution in [0.15, 0.2) is 0 Å². The molecule has 0 bridgehead atoms. The van der Waals surface area contributed by atoms with Gasteiger partial charge in [-0.05, 0) is 26.7 Å². The minimum absolute atomic E-state index is 0.325. The molecule has 0 radical (unpaired) electrons. The molecule has 7 heteroatoms. The van der Waals surface area contributed by atoms with E-state index in [9.17, 15) is 13.2 Å². The zero-order chi connectivity index (χ0) is 13.1. The SMILES string of the molecule is CC(C)[C@@H](NS(=O)(=O)NC(C)(C)C)C(=O)O. The Morgan fingerprint density at radius 1 is 1.25 bits per heavy atom. The Labute approximate surface area is 96.6 Å². The van der Waals surface area contributed by atoms with Gasteiger partial charge in [-0.3, -0.25) is 4.79 Å². The molecule has 3 N–H and O–H groups in total. The lowest BCUT2D eigenvalue weighted by Crippen LogP contribution is -2.53. The normalized spacial score (nSPS) is 15.1. The van der Waals surface area contributed by atoms with Gasteiger partial charge in [0.25, 0.3) is 10.2 Å². The summed E-state index contributed by atoms with van der Waals surface area (Å²) in [6.45, 7) is 8.31. The van der Waals surface area contributed by atoms with Crippen molar-refractivity contribution in [1.29, 1.82) is 0 Å². The van der Waals surface area contributed by atoms with Gasteiger partial charge in [-0.15, -0.1) is 0 Å². The van der Waals surface area contributed by atoms with E-state index in [0.29, 0.717) is 0 Å². The van der Waals surface area contributed by atoms with Crippen LogP contribution < -0.4 is 9.44 Å². The summed E-state index contributed by atoms with van der Waals surface area (Å²) in [5.74, 6) is -1.51. The molecule has 0 heterocycles. The predicted octanol–water partition coefficient (Wildman–Crippen LogP) is 0.318. The molecule has 0 aromatic carbocycles. The maximum absolute atomic E-state index is 11.6. The maximum Gasteiger partial charge on any atom is 0.322 e. The van der Waals surface area contributed by atoms with Crippen LogP contribution in [-0.2, 0) is 15.0 Å². The number of carboxylic acid groups (broad SMARTS) is 1. The van der Waals surface area contributed by atoms with Gasteiger partial charge in [-0.2, -0.15) is 17.9 Å². The van der Waals surface area contributed by atoms with Crippen LogP contribution in [0.4, 0.5) is 0 Å². The monoisotopic (exact) mass is 252 g/mol. The molecular weight excluding hydrogens is 232 g/mol. The van der Waals surface area contributed by atoms with Gasteiger partial charge in [0.05, 0.1) is 0 Å². The molecule has 0 spiro atoms. The summed E-state index contributed by atoms with van der Waals surface area (Å²) >= 11 is 0. The molecule has 0 saturated carbocycles. The highest BCUT2D eigenvalue weighted by atomic mass is 32.2. The standard InChI is InChI=1S/C9H20N2O4S/c1-6(2)7(8(12)13)10-16(14,15)11-9(3,4)5/h6-7,10-11H,1-5H3,(H,12,13)/t7-/m1/s1. The van der Waals surface area contributed by atoms with Crippen LogP contribution in [0.5, 0.6) is 0 Å². The topological polar surface area (TPSA) is 95.5 Å². The molecule has 0 aliphatic carbocycles. The Balaban J connectivity index is 4.75. The Hall–Kier alpha value is -0.660. The van der Waals surface area contributed by atoms with Gasteiger partial charge >= 0.3 is 5.97 Å². The van der Waals surface area contributed by atoms with Crippen molar-refractivity contribution in [2.24, 2.45) is 5.92 Å². The third-order valence-electron chi connectivity index (χ3n) is 1.66. The van der Waals surface area contributed by atoms with E-state index in [2.05, 4.69) is 9.44 Å². The van der Waals surface area contributed by atoms with Gasteiger partial charge in [0.1, 0.15) is 6.04 Å². The van der Waals surface area contributed by atoms with Crippen molar-refractivity contribution in [2.75, 3.05) is 0 Å². The van der Waals surface area contributed by atoms with Gasteiger partial charge in [0, 0.05) is 5.54 Å². The van der Waals surface area contributed by atoms with Crippen molar-refractivity contribution >= 4 is 16.2 Å². The van der Waals surface area contributed by atoms with Gasteiger partial charge in [0.2, 0.25) is 0 Å². The second kappa shape index (κ2) is 5.11. The second-order valence-electron chi connectivity index (χ2n) is 5.03.